The van der Waals surface area contributed by atoms with E-state index in [-0.39, 0.29) is 17.2 Å². The van der Waals surface area contributed by atoms with Crippen molar-refractivity contribution in [3.63, 3.8) is 0 Å². The van der Waals surface area contributed by atoms with Crippen LogP contribution in [-0.2, 0) is 4.74 Å². The van der Waals surface area contributed by atoms with E-state index in [1.165, 1.54) is 19.2 Å². The van der Waals surface area contributed by atoms with Crippen molar-refractivity contribution in [2.75, 3.05) is 12.4 Å². The van der Waals surface area contributed by atoms with E-state index in [4.69, 9.17) is 10.5 Å². The lowest BCUT2D eigenvalue weighted by molar-refractivity contribution is 0.0635. The smallest absolute Gasteiger partial charge is 0.413 e. The fraction of sp³-hybridized carbons (Fsp3) is 0.417. The average Bonchev–Trinajstić information content (AvgIpc) is 2.25. The molecule has 1 aromatic rings. The minimum atomic E-state index is -0.809. The Kier molecular flexibility index (Phi) is 4.42. The first-order chi connectivity index (χ1) is 8.73. The lowest BCUT2D eigenvalue weighted by Gasteiger charge is -2.19. The quantitative estimate of drug-likeness (QED) is 0.487. The number of hydrogen-bond acceptors (Lipinski definition) is 4. The maximum atomic E-state index is 13.6. The molecule has 0 atom stereocenters. The first-order valence-electron chi connectivity index (χ1n) is 5.62. The minimum Gasteiger partial charge on any atom is -0.444 e. The van der Waals surface area contributed by atoms with Crippen LogP contribution in [-0.4, -0.2) is 29.6 Å². The molecule has 0 fully saturated rings. The summed E-state index contributed by atoms with van der Waals surface area (Å²) < 4.78 is 18.6. The second-order valence-electron chi connectivity index (χ2n) is 4.77. The van der Waals surface area contributed by atoms with Gasteiger partial charge in [0.25, 0.3) is 0 Å². The van der Waals surface area contributed by atoms with E-state index < -0.39 is 17.6 Å². The molecule has 1 aromatic heterocycles. The van der Waals surface area contributed by atoms with Gasteiger partial charge in [0.1, 0.15) is 17.3 Å². The number of carbonyl (C=O) groups is 1. The number of nitrogens with one attached hydrogen (secondary N) is 1. The number of nitrogens with two attached hydrogens (primary N) is 1. The summed E-state index contributed by atoms with van der Waals surface area (Å²) in [5.41, 5.74) is 4.93. The zero-order chi connectivity index (χ0) is 14.6. The Labute approximate surface area is 110 Å². The third-order valence-electron chi connectivity index (χ3n) is 1.99. The molecule has 0 aliphatic carbocycles. The number of nitrogens with zero attached hydrogens (tertiary/aromatic N) is 2. The van der Waals surface area contributed by atoms with Crippen LogP contribution in [0.1, 0.15) is 26.3 Å². The Bertz CT molecular complexity index is 509. The molecule has 1 amide bonds. The first kappa shape index (κ1) is 14.9. The number of ether oxygens (including phenoxy) is 1. The van der Waals surface area contributed by atoms with Crippen molar-refractivity contribution in [2.45, 2.75) is 26.4 Å². The van der Waals surface area contributed by atoms with Gasteiger partial charge in [-0.25, -0.2) is 9.78 Å². The Balaban J connectivity index is 2.82. The molecule has 3 N–H and O–H groups in total. The fourth-order valence-corrected chi connectivity index (χ4v) is 1.22. The average molecular weight is 268 g/mol. The van der Waals surface area contributed by atoms with Gasteiger partial charge in [-0.05, 0) is 32.9 Å². The maximum absolute atomic E-state index is 13.6. The summed E-state index contributed by atoms with van der Waals surface area (Å²) in [5, 5.41) is 2.33. The molecule has 0 aliphatic heterocycles. The normalized spacial score (nSPS) is 12.2. The molecule has 0 saturated heterocycles. The van der Waals surface area contributed by atoms with Gasteiger partial charge in [-0.3, -0.25) is 10.3 Å². The van der Waals surface area contributed by atoms with Gasteiger partial charge in [-0.1, -0.05) is 0 Å². The molecule has 0 bridgehead atoms. The number of rotatable bonds is 2. The van der Waals surface area contributed by atoms with Crippen molar-refractivity contribution in [3.8, 4) is 0 Å². The Morgan fingerprint density at radius 1 is 1.47 bits per heavy atom. The number of hydrogen-bond donors (Lipinski definition) is 2. The van der Waals surface area contributed by atoms with Gasteiger partial charge in [-0.2, -0.15) is 4.39 Å². The summed E-state index contributed by atoms with van der Waals surface area (Å²) >= 11 is 0. The predicted molar refractivity (Wildman–Crippen MR) is 70.7 cm³/mol. The molecule has 0 aromatic carbocycles. The summed E-state index contributed by atoms with van der Waals surface area (Å²) in [4.78, 5) is 18.7. The number of pyridine rings is 1. The monoisotopic (exact) mass is 268 g/mol. The highest BCUT2D eigenvalue weighted by molar-refractivity contribution is 5.97. The van der Waals surface area contributed by atoms with Crippen LogP contribution >= 0.6 is 0 Å². The Morgan fingerprint density at radius 3 is 2.58 bits per heavy atom. The molecule has 0 aliphatic rings. The van der Waals surface area contributed by atoms with Gasteiger partial charge in [0.15, 0.2) is 0 Å². The van der Waals surface area contributed by atoms with Crippen LogP contribution in [0, 0.1) is 5.95 Å². The fourth-order valence-electron chi connectivity index (χ4n) is 1.22. The van der Waals surface area contributed by atoms with Crippen LogP contribution in [0.25, 0.3) is 0 Å². The molecule has 0 radical (unpaired) electrons. The molecule has 19 heavy (non-hydrogen) atoms. The van der Waals surface area contributed by atoms with Gasteiger partial charge in [0.2, 0.25) is 5.95 Å². The zero-order valence-electron chi connectivity index (χ0n) is 11.3. The van der Waals surface area contributed by atoms with E-state index in [2.05, 4.69) is 15.3 Å². The summed E-state index contributed by atoms with van der Waals surface area (Å²) in [5.74, 6) is -0.732. The van der Waals surface area contributed by atoms with E-state index >= 15 is 0 Å². The van der Waals surface area contributed by atoms with E-state index in [1.807, 2.05) is 0 Å². The largest absolute Gasteiger partial charge is 0.444 e. The number of amidine groups is 1. The van der Waals surface area contributed by atoms with E-state index in [1.54, 1.807) is 20.8 Å². The number of aromatic nitrogens is 1. The summed E-state index contributed by atoms with van der Waals surface area (Å²) in [7, 11) is 1.45. The van der Waals surface area contributed by atoms with Crippen molar-refractivity contribution in [1.29, 1.82) is 0 Å². The first-order valence-corrected chi connectivity index (χ1v) is 5.62. The summed E-state index contributed by atoms with van der Waals surface area (Å²) in [6, 6.07) is 2.80. The highest BCUT2D eigenvalue weighted by atomic mass is 19.1. The molecular formula is C12H17FN4O2. The molecule has 1 rings (SSSR count). The number of carbonyl (C=O) groups excluding carboxylic acids is 1. The third kappa shape index (κ3) is 4.53. The second kappa shape index (κ2) is 5.64. The lowest BCUT2D eigenvalue weighted by atomic mass is 10.2. The van der Waals surface area contributed by atoms with Crippen LogP contribution in [0.3, 0.4) is 0 Å². The number of aliphatic imine (C=N–C) groups is 1. The molecule has 0 saturated carbocycles. The minimum absolute atomic E-state index is 0.0359. The summed E-state index contributed by atoms with van der Waals surface area (Å²) in [6.07, 6.45) is -0.704. The summed E-state index contributed by atoms with van der Waals surface area (Å²) in [6.45, 7) is 5.17. The van der Waals surface area contributed by atoms with Crippen LogP contribution in [0.2, 0.25) is 0 Å². The van der Waals surface area contributed by atoms with E-state index in [9.17, 15) is 9.18 Å². The van der Waals surface area contributed by atoms with Crippen molar-refractivity contribution in [3.05, 3.63) is 23.6 Å². The van der Waals surface area contributed by atoms with E-state index in [0.29, 0.717) is 0 Å². The van der Waals surface area contributed by atoms with Crippen molar-refractivity contribution < 1.29 is 13.9 Å². The highest BCUT2D eigenvalue weighted by Crippen LogP contribution is 2.12. The van der Waals surface area contributed by atoms with E-state index in [0.717, 1.165) is 0 Å². The maximum Gasteiger partial charge on any atom is 0.413 e. The van der Waals surface area contributed by atoms with Crippen LogP contribution in [0.5, 0.6) is 0 Å². The standard InChI is InChI=1S/C12H17FN4O2/c1-12(2,3)19-11(18)17-8-6-5-7(9(13)16-8)10(14)15-4/h5-6H,1-4H3,(H2,14,15)(H,16,17,18). The van der Waals surface area contributed by atoms with Crippen molar-refractivity contribution >= 4 is 17.7 Å². The second-order valence-corrected chi connectivity index (χ2v) is 4.77. The van der Waals surface area contributed by atoms with Crippen molar-refractivity contribution in [2.24, 2.45) is 10.7 Å². The Morgan fingerprint density at radius 2 is 2.11 bits per heavy atom. The van der Waals surface area contributed by atoms with Gasteiger partial charge in [0.05, 0.1) is 5.56 Å². The topological polar surface area (TPSA) is 89.6 Å². The molecule has 6 nitrogen and oxygen atoms in total. The van der Waals surface area contributed by atoms with Crippen LogP contribution < -0.4 is 11.1 Å². The van der Waals surface area contributed by atoms with Gasteiger partial charge < -0.3 is 10.5 Å². The Hall–Kier alpha value is -2.18. The van der Waals surface area contributed by atoms with Crippen LogP contribution in [0.15, 0.2) is 17.1 Å². The lowest BCUT2D eigenvalue weighted by Crippen LogP contribution is -2.27. The third-order valence-corrected chi connectivity index (χ3v) is 1.99. The molecule has 7 heteroatoms. The molecule has 104 valence electrons. The highest BCUT2D eigenvalue weighted by Gasteiger charge is 2.17. The zero-order valence-corrected chi connectivity index (χ0v) is 11.3. The number of anilines is 1. The van der Waals surface area contributed by atoms with Gasteiger partial charge in [0, 0.05) is 7.05 Å². The number of halogens is 1. The van der Waals surface area contributed by atoms with Gasteiger partial charge in [-0.15, -0.1) is 0 Å². The van der Waals surface area contributed by atoms with Gasteiger partial charge >= 0.3 is 6.09 Å². The molecule has 1 heterocycles. The predicted octanol–water partition coefficient (Wildman–Crippen LogP) is 1.90. The van der Waals surface area contributed by atoms with Crippen molar-refractivity contribution in [1.82, 2.24) is 4.98 Å². The molecular weight excluding hydrogens is 251 g/mol. The SMILES string of the molecule is CN=C(N)c1ccc(NC(=O)OC(C)(C)C)nc1F. The molecule has 0 spiro atoms. The molecule has 0 unspecified atom stereocenters. The van der Waals surface area contributed by atoms with Crippen LogP contribution in [0.4, 0.5) is 15.0 Å². The number of amides is 1.